The molecule has 0 amide bonds. The molecule has 0 heterocycles. The molecule has 0 N–H and O–H groups in total. The maximum atomic E-state index is 10.9. The molecular formula is C14H17ClO2. The summed E-state index contributed by atoms with van der Waals surface area (Å²) < 4.78 is 5.23. The second kappa shape index (κ2) is 5.54. The smallest absolute Gasteiger partial charge is 0.302 e. The lowest BCUT2D eigenvalue weighted by molar-refractivity contribution is -0.147. The second-order valence-electron chi connectivity index (χ2n) is 4.63. The third-order valence-electron chi connectivity index (χ3n) is 3.35. The van der Waals surface area contributed by atoms with E-state index in [1.807, 2.05) is 12.1 Å². The first kappa shape index (κ1) is 12.4. The number of rotatable bonds is 2. The molecule has 0 radical (unpaired) electrons. The van der Waals surface area contributed by atoms with Crippen molar-refractivity contribution in [1.82, 2.24) is 0 Å². The third-order valence-corrected chi connectivity index (χ3v) is 3.60. The summed E-state index contributed by atoms with van der Waals surface area (Å²) >= 11 is 5.87. The van der Waals surface area contributed by atoms with Gasteiger partial charge in [0.25, 0.3) is 0 Å². The molecule has 0 bridgehead atoms. The Morgan fingerprint density at radius 1 is 1.18 bits per heavy atom. The zero-order valence-corrected chi connectivity index (χ0v) is 10.7. The highest BCUT2D eigenvalue weighted by atomic mass is 35.5. The highest BCUT2D eigenvalue weighted by Gasteiger charge is 2.23. The van der Waals surface area contributed by atoms with Crippen LogP contribution in [0, 0.1) is 0 Å². The normalized spacial score (nSPS) is 24.4. The van der Waals surface area contributed by atoms with Gasteiger partial charge >= 0.3 is 5.97 Å². The van der Waals surface area contributed by atoms with E-state index in [1.165, 1.54) is 12.5 Å². The number of ether oxygens (including phenoxy) is 1. The van der Waals surface area contributed by atoms with Gasteiger partial charge in [-0.05, 0) is 49.3 Å². The quantitative estimate of drug-likeness (QED) is 0.746. The summed E-state index contributed by atoms with van der Waals surface area (Å²) in [5.74, 6) is 0.416. The van der Waals surface area contributed by atoms with Gasteiger partial charge in [-0.3, -0.25) is 4.79 Å². The molecule has 0 atom stereocenters. The van der Waals surface area contributed by atoms with E-state index < -0.39 is 0 Å². The summed E-state index contributed by atoms with van der Waals surface area (Å²) in [6.07, 6.45) is 4.22. The van der Waals surface area contributed by atoms with Crippen LogP contribution in [0.1, 0.15) is 44.1 Å². The summed E-state index contributed by atoms with van der Waals surface area (Å²) in [5.41, 5.74) is 1.34. The molecule has 2 nitrogen and oxygen atoms in total. The second-order valence-corrected chi connectivity index (χ2v) is 5.07. The molecule has 0 saturated heterocycles. The Morgan fingerprint density at radius 2 is 1.76 bits per heavy atom. The first-order chi connectivity index (χ1) is 8.15. The number of esters is 1. The van der Waals surface area contributed by atoms with E-state index in [2.05, 4.69) is 12.1 Å². The maximum absolute atomic E-state index is 10.9. The number of hydrogen-bond acceptors (Lipinski definition) is 2. The van der Waals surface area contributed by atoms with Crippen molar-refractivity contribution in [2.24, 2.45) is 0 Å². The lowest BCUT2D eigenvalue weighted by Crippen LogP contribution is -2.22. The molecule has 92 valence electrons. The van der Waals surface area contributed by atoms with Crippen molar-refractivity contribution in [2.75, 3.05) is 0 Å². The molecular weight excluding hydrogens is 236 g/mol. The molecule has 1 aromatic rings. The maximum Gasteiger partial charge on any atom is 0.302 e. The van der Waals surface area contributed by atoms with E-state index >= 15 is 0 Å². The first-order valence-electron chi connectivity index (χ1n) is 6.08. The van der Waals surface area contributed by atoms with Crippen LogP contribution in [0.15, 0.2) is 24.3 Å². The Morgan fingerprint density at radius 3 is 2.29 bits per heavy atom. The summed E-state index contributed by atoms with van der Waals surface area (Å²) in [6, 6.07) is 8.07. The van der Waals surface area contributed by atoms with Gasteiger partial charge in [0.15, 0.2) is 0 Å². The molecule has 3 heteroatoms. The van der Waals surface area contributed by atoms with Crippen molar-refractivity contribution in [2.45, 2.75) is 44.6 Å². The van der Waals surface area contributed by atoms with Gasteiger partial charge < -0.3 is 4.74 Å². The first-order valence-corrected chi connectivity index (χ1v) is 6.45. The average Bonchev–Trinajstić information content (AvgIpc) is 2.30. The SMILES string of the molecule is CC(=O)OC1CCC(c2ccc(Cl)cc2)CC1. The van der Waals surface area contributed by atoms with Crippen molar-refractivity contribution in [3.05, 3.63) is 34.9 Å². The molecule has 0 aromatic heterocycles. The van der Waals surface area contributed by atoms with Gasteiger partial charge in [0.2, 0.25) is 0 Å². The third kappa shape index (κ3) is 3.47. The van der Waals surface area contributed by atoms with E-state index in [4.69, 9.17) is 16.3 Å². The van der Waals surface area contributed by atoms with Gasteiger partial charge in [-0.2, -0.15) is 0 Å². The number of carbonyl (C=O) groups is 1. The lowest BCUT2D eigenvalue weighted by atomic mass is 9.83. The predicted octanol–water partition coefficient (Wildman–Crippen LogP) is 3.93. The van der Waals surface area contributed by atoms with Gasteiger partial charge in [0.1, 0.15) is 6.10 Å². The molecule has 0 unspecified atom stereocenters. The molecule has 17 heavy (non-hydrogen) atoms. The fraction of sp³-hybridized carbons (Fsp3) is 0.500. The van der Waals surface area contributed by atoms with Crippen LogP contribution in [0.2, 0.25) is 5.02 Å². The predicted molar refractivity (Wildman–Crippen MR) is 68.2 cm³/mol. The zero-order chi connectivity index (χ0) is 12.3. The molecule has 1 aliphatic carbocycles. The molecule has 0 spiro atoms. The Balaban J connectivity index is 1.90. The van der Waals surface area contributed by atoms with Crippen LogP contribution in [-0.4, -0.2) is 12.1 Å². The minimum atomic E-state index is -0.167. The topological polar surface area (TPSA) is 26.3 Å². The van der Waals surface area contributed by atoms with Crippen LogP contribution < -0.4 is 0 Å². The van der Waals surface area contributed by atoms with Crippen LogP contribution in [0.3, 0.4) is 0 Å². The summed E-state index contributed by atoms with van der Waals surface area (Å²) in [4.78, 5) is 10.9. The van der Waals surface area contributed by atoms with E-state index in [0.29, 0.717) is 5.92 Å². The zero-order valence-electron chi connectivity index (χ0n) is 9.99. The number of benzene rings is 1. The molecule has 0 aliphatic heterocycles. The van der Waals surface area contributed by atoms with Crippen molar-refractivity contribution >= 4 is 17.6 Å². The Hall–Kier alpha value is -1.02. The van der Waals surface area contributed by atoms with E-state index in [-0.39, 0.29) is 12.1 Å². The van der Waals surface area contributed by atoms with Crippen LogP contribution in [0.25, 0.3) is 0 Å². The summed E-state index contributed by atoms with van der Waals surface area (Å²) in [6.45, 7) is 1.48. The lowest BCUT2D eigenvalue weighted by Gasteiger charge is -2.28. The molecule has 1 aliphatic rings. The van der Waals surface area contributed by atoms with E-state index in [1.54, 1.807) is 0 Å². The number of carbonyl (C=O) groups excluding carboxylic acids is 1. The Bertz CT molecular complexity index is 378. The highest BCUT2D eigenvalue weighted by Crippen LogP contribution is 2.34. The van der Waals surface area contributed by atoms with E-state index in [0.717, 1.165) is 30.7 Å². The summed E-state index contributed by atoms with van der Waals surface area (Å²) in [7, 11) is 0. The monoisotopic (exact) mass is 252 g/mol. The van der Waals surface area contributed by atoms with Crippen LogP contribution in [-0.2, 0) is 9.53 Å². The Labute approximate surface area is 107 Å². The molecule has 2 rings (SSSR count). The van der Waals surface area contributed by atoms with Crippen LogP contribution in [0.5, 0.6) is 0 Å². The van der Waals surface area contributed by atoms with Gasteiger partial charge in [0.05, 0.1) is 0 Å². The van der Waals surface area contributed by atoms with Crippen molar-refractivity contribution < 1.29 is 9.53 Å². The fourth-order valence-electron chi connectivity index (χ4n) is 2.48. The minimum Gasteiger partial charge on any atom is -0.463 e. The van der Waals surface area contributed by atoms with E-state index in [9.17, 15) is 4.79 Å². The fourth-order valence-corrected chi connectivity index (χ4v) is 2.61. The van der Waals surface area contributed by atoms with Crippen molar-refractivity contribution in [3.63, 3.8) is 0 Å². The van der Waals surface area contributed by atoms with Crippen molar-refractivity contribution in [1.29, 1.82) is 0 Å². The number of hydrogen-bond donors (Lipinski definition) is 0. The highest BCUT2D eigenvalue weighted by molar-refractivity contribution is 6.30. The Kier molecular flexibility index (Phi) is 4.06. The minimum absolute atomic E-state index is 0.121. The number of halogens is 1. The largest absolute Gasteiger partial charge is 0.463 e. The van der Waals surface area contributed by atoms with Gasteiger partial charge in [-0.25, -0.2) is 0 Å². The van der Waals surface area contributed by atoms with Crippen LogP contribution in [0.4, 0.5) is 0 Å². The van der Waals surface area contributed by atoms with Crippen LogP contribution >= 0.6 is 11.6 Å². The van der Waals surface area contributed by atoms with Crippen molar-refractivity contribution in [3.8, 4) is 0 Å². The molecule has 1 fully saturated rings. The van der Waals surface area contributed by atoms with Gasteiger partial charge in [-0.15, -0.1) is 0 Å². The molecule has 1 saturated carbocycles. The summed E-state index contributed by atoms with van der Waals surface area (Å²) in [5, 5.41) is 0.780. The average molecular weight is 253 g/mol. The standard InChI is InChI=1S/C14H17ClO2/c1-10(16)17-14-8-4-12(5-9-14)11-2-6-13(15)7-3-11/h2-3,6-7,12,14H,4-5,8-9H2,1H3. The molecule has 1 aromatic carbocycles. The van der Waals surface area contributed by atoms with Gasteiger partial charge in [-0.1, -0.05) is 23.7 Å². The van der Waals surface area contributed by atoms with Gasteiger partial charge in [0, 0.05) is 11.9 Å².